The Kier molecular flexibility index (Phi) is 7.36. The number of nitrogens with one attached hydrogen (secondary N) is 2. The predicted octanol–water partition coefficient (Wildman–Crippen LogP) is 5.71. The number of aromatic nitrogens is 2. The number of rotatable bonds is 7. The fourth-order valence-corrected chi connectivity index (χ4v) is 5.27. The van der Waals surface area contributed by atoms with Gasteiger partial charge in [-0.25, -0.2) is 0 Å². The van der Waals surface area contributed by atoms with Crippen molar-refractivity contribution in [2.24, 2.45) is 0 Å². The molecule has 0 radical (unpaired) electrons. The van der Waals surface area contributed by atoms with E-state index >= 15 is 0 Å². The highest BCUT2D eigenvalue weighted by Gasteiger charge is 2.42. The fraction of sp³-hybridized carbons (Fsp3) is 0.179. The first kappa shape index (κ1) is 25.1. The molecule has 2 aromatic heterocycles. The summed E-state index contributed by atoms with van der Waals surface area (Å²) in [4.78, 5) is 18.9. The van der Waals surface area contributed by atoms with E-state index in [1.807, 2.05) is 61.5 Å². The van der Waals surface area contributed by atoms with E-state index in [1.165, 1.54) is 7.11 Å². The zero-order chi connectivity index (χ0) is 25.9. The van der Waals surface area contributed by atoms with Crippen LogP contribution in [0, 0.1) is 6.92 Å². The summed E-state index contributed by atoms with van der Waals surface area (Å²) in [6, 6.07) is 23.9. The van der Waals surface area contributed by atoms with Gasteiger partial charge in [-0.1, -0.05) is 22.0 Å². The van der Waals surface area contributed by atoms with Crippen molar-refractivity contribution < 1.29 is 9.53 Å². The molecule has 0 spiro atoms. The third-order valence-corrected chi connectivity index (χ3v) is 7.17. The summed E-state index contributed by atoms with van der Waals surface area (Å²) in [5.41, 5.74) is 5.61. The van der Waals surface area contributed by atoms with Crippen LogP contribution in [0.2, 0.25) is 0 Å². The Labute approximate surface area is 229 Å². The monoisotopic (exact) mass is 575 g/mol. The summed E-state index contributed by atoms with van der Waals surface area (Å²) in [7, 11) is 1.50. The van der Waals surface area contributed by atoms with Crippen LogP contribution in [0.15, 0.2) is 89.7 Å². The van der Waals surface area contributed by atoms with Crippen LogP contribution in [0.4, 0.5) is 11.4 Å². The molecule has 7 nitrogen and oxygen atoms in total. The Morgan fingerprint density at radius 2 is 1.89 bits per heavy atom. The molecule has 9 heteroatoms. The van der Waals surface area contributed by atoms with Crippen LogP contribution in [0.5, 0.6) is 0 Å². The van der Waals surface area contributed by atoms with Crippen LogP contribution < -0.4 is 15.5 Å². The number of hydrogen-bond donors (Lipinski definition) is 2. The molecule has 1 saturated heterocycles. The van der Waals surface area contributed by atoms with Gasteiger partial charge in [-0.15, -0.1) is 0 Å². The predicted molar refractivity (Wildman–Crippen MR) is 153 cm³/mol. The van der Waals surface area contributed by atoms with E-state index in [1.54, 1.807) is 6.20 Å². The van der Waals surface area contributed by atoms with Gasteiger partial charge in [0.25, 0.3) is 0 Å². The Hall–Kier alpha value is -3.53. The van der Waals surface area contributed by atoms with Crippen molar-refractivity contribution in [1.29, 1.82) is 0 Å². The molecule has 1 fully saturated rings. The number of ether oxygens (including phenoxy) is 1. The minimum Gasteiger partial charge on any atom is -0.375 e. The lowest BCUT2D eigenvalue weighted by Gasteiger charge is -2.29. The second-order valence-corrected chi connectivity index (χ2v) is 10.1. The second kappa shape index (κ2) is 10.8. The zero-order valence-corrected chi connectivity index (χ0v) is 22.8. The summed E-state index contributed by atoms with van der Waals surface area (Å²) in [6.45, 7) is 1.97. The second-order valence-electron chi connectivity index (χ2n) is 8.76. The molecule has 0 saturated carbocycles. The van der Waals surface area contributed by atoms with Crippen LogP contribution in [-0.2, 0) is 9.53 Å². The maximum Gasteiger partial charge on any atom is 0.250 e. The Morgan fingerprint density at radius 1 is 1.11 bits per heavy atom. The number of pyridine rings is 1. The number of halogens is 1. The number of carbonyl (C=O) groups is 1. The SMILES string of the molecule is COCC(=O)Nc1ccc(N2C(=S)N[C@@H](c3ccccn3)[C@@H]2c2cccn2-c2ccc(Br)cc2)cc1C. The van der Waals surface area contributed by atoms with Gasteiger partial charge in [0, 0.05) is 46.7 Å². The fourth-order valence-electron chi connectivity index (χ4n) is 4.66. The third kappa shape index (κ3) is 5.16. The lowest BCUT2D eigenvalue weighted by atomic mass is 10.00. The molecule has 2 N–H and O–H groups in total. The largest absolute Gasteiger partial charge is 0.375 e. The number of amides is 1. The minimum atomic E-state index is -0.197. The number of carbonyl (C=O) groups excluding carboxylic acids is 1. The number of thiocarbonyl (C=S) groups is 1. The molecule has 0 bridgehead atoms. The van der Waals surface area contributed by atoms with Gasteiger partial charge < -0.3 is 24.8 Å². The first-order valence-electron chi connectivity index (χ1n) is 11.8. The van der Waals surface area contributed by atoms with Crippen LogP contribution in [0.3, 0.4) is 0 Å². The molecule has 2 atom stereocenters. The highest BCUT2D eigenvalue weighted by atomic mass is 79.9. The van der Waals surface area contributed by atoms with Crippen LogP contribution in [0.1, 0.15) is 29.0 Å². The van der Waals surface area contributed by atoms with E-state index in [0.717, 1.165) is 38.5 Å². The Bertz CT molecular complexity index is 1420. The summed E-state index contributed by atoms with van der Waals surface area (Å²) in [5, 5.41) is 7.03. The number of aryl methyl sites for hydroxylation is 1. The third-order valence-electron chi connectivity index (χ3n) is 6.32. The van der Waals surface area contributed by atoms with Gasteiger partial charge in [0.1, 0.15) is 12.6 Å². The summed E-state index contributed by atoms with van der Waals surface area (Å²) < 4.78 is 8.15. The maximum absolute atomic E-state index is 12.1. The molecule has 0 unspecified atom stereocenters. The Balaban J connectivity index is 1.58. The molecule has 188 valence electrons. The van der Waals surface area contributed by atoms with Crippen molar-refractivity contribution in [3.05, 3.63) is 107 Å². The quantitative estimate of drug-likeness (QED) is 0.275. The van der Waals surface area contributed by atoms with Crippen molar-refractivity contribution >= 4 is 50.5 Å². The lowest BCUT2D eigenvalue weighted by molar-refractivity contribution is -0.119. The van der Waals surface area contributed by atoms with E-state index in [2.05, 4.69) is 65.4 Å². The van der Waals surface area contributed by atoms with E-state index in [-0.39, 0.29) is 24.6 Å². The molecule has 37 heavy (non-hydrogen) atoms. The minimum absolute atomic E-state index is 0.00218. The molecular weight excluding hydrogens is 550 g/mol. The van der Waals surface area contributed by atoms with Crippen molar-refractivity contribution in [2.45, 2.75) is 19.0 Å². The standard InChI is InChI=1S/C28H26BrN5O2S/c1-18-16-21(12-13-22(18)31-25(35)17-36-2)34-27(26(32-28(34)37)23-6-3-4-14-30-23)24-7-5-15-33(24)20-10-8-19(29)9-11-20/h3-16,26-27H,17H2,1-2H3,(H,31,35)(H,32,37)/t26-,27-/m0/s1. The maximum atomic E-state index is 12.1. The molecule has 0 aliphatic carbocycles. The van der Waals surface area contributed by atoms with Gasteiger partial charge in [-0.3, -0.25) is 9.78 Å². The smallest absolute Gasteiger partial charge is 0.250 e. The van der Waals surface area contributed by atoms with Crippen molar-refractivity contribution in [3.63, 3.8) is 0 Å². The van der Waals surface area contributed by atoms with Crippen molar-refractivity contribution in [1.82, 2.24) is 14.9 Å². The zero-order valence-electron chi connectivity index (χ0n) is 20.4. The van der Waals surface area contributed by atoms with E-state index in [0.29, 0.717) is 5.11 Å². The summed E-state index contributed by atoms with van der Waals surface area (Å²) in [6.07, 6.45) is 3.86. The van der Waals surface area contributed by atoms with Gasteiger partial charge in [0.15, 0.2) is 5.11 Å². The van der Waals surface area contributed by atoms with Crippen molar-refractivity contribution in [2.75, 3.05) is 23.9 Å². The number of hydrogen-bond acceptors (Lipinski definition) is 4. The summed E-state index contributed by atoms with van der Waals surface area (Å²) >= 11 is 9.43. The Morgan fingerprint density at radius 3 is 2.59 bits per heavy atom. The average Bonchev–Trinajstić information content (AvgIpc) is 3.51. The van der Waals surface area contributed by atoms with Gasteiger partial charge in [-0.2, -0.15) is 0 Å². The van der Waals surface area contributed by atoms with Gasteiger partial charge >= 0.3 is 0 Å². The molecule has 1 amide bonds. The first-order chi connectivity index (χ1) is 18.0. The molecular formula is C28H26BrN5O2S. The lowest BCUT2D eigenvalue weighted by Crippen LogP contribution is -2.30. The number of methoxy groups -OCH3 is 1. The first-order valence-corrected chi connectivity index (χ1v) is 13.0. The van der Waals surface area contributed by atoms with E-state index in [9.17, 15) is 4.79 Å². The average molecular weight is 577 g/mol. The molecule has 3 heterocycles. The van der Waals surface area contributed by atoms with Gasteiger partial charge in [0.05, 0.1) is 11.7 Å². The number of anilines is 2. The highest BCUT2D eigenvalue weighted by Crippen LogP contribution is 2.43. The summed E-state index contributed by atoms with van der Waals surface area (Å²) in [5.74, 6) is -0.197. The topological polar surface area (TPSA) is 71.4 Å². The van der Waals surface area contributed by atoms with Crippen LogP contribution in [-0.4, -0.2) is 34.3 Å². The highest BCUT2D eigenvalue weighted by molar-refractivity contribution is 9.10. The van der Waals surface area contributed by atoms with Gasteiger partial charge in [-0.05, 0) is 91.4 Å². The van der Waals surface area contributed by atoms with Gasteiger partial charge in [0.2, 0.25) is 5.91 Å². The normalized spacial score (nSPS) is 17.1. The van der Waals surface area contributed by atoms with E-state index < -0.39 is 0 Å². The molecule has 1 aliphatic rings. The van der Waals surface area contributed by atoms with Crippen LogP contribution in [0.25, 0.3) is 5.69 Å². The van der Waals surface area contributed by atoms with Crippen LogP contribution >= 0.6 is 28.1 Å². The number of benzene rings is 2. The van der Waals surface area contributed by atoms with Crippen molar-refractivity contribution in [3.8, 4) is 5.69 Å². The molecule has 1 aliphatic heterocycles. The molecule has 2 aromatic carbocycles. The number of nitrogens with zero attached hydrogens (tertiary/aromatic N) is 3. The van der Waals surface area contributed by atoms with E-state index in [4.69, 9.17) is 17.0 Å². The molecule has 5 rings (SSSR count). The molecule has 4 aromatic rings.